The molecule has 1 aromatic rings. The minimum absolute atomic E-state index is 0.183. The third-order valence-electron chi connectivity index (χ3n) is 5.11. The highest BCUT2D eigenvalue weighted by Crippen LogP contribution is 2.19. The van der Waals surface area contributed by atoms with E-state index in [9.17, 15) is 4.79 Å². The van der Waals surface area contributed by atoms with Crippen molar-refractivity contribution < 1.29 is 14.3 Å². The number of rotatable bonds is 6. The third kappa shape index (κ3) is 4.95. The summed E-state index contributed by atoms with van der Waals surface area (Å²) in [5.74, 6) is 1.18. The molecule has 5 heteroatoms. The van der Waals surface area contributed by atoms with Gasteiger partial charge in [0.05, 0.1) is 6.61 Å². The molecule has 2 saturated heterocycles. The number of carbonyl (C=O) groups is 1. The molecule has 138 valence electrons. The van der Waals surface area contributed by atoms with Crippen LogP contribution in [0.3, 0.4) is 0 Å². The summed E-state index contributed by atoms with van der Waals surface area (Å²) in [6, 6.07) is 6.32. The van der Waals surface area contributed by atoms with E-state index in [-0.39, 0.29) is 12.0 Å². The van der Waals surface area contributed by atoms with Crippen LogP contribution < -0.4 is 4.74 Å². The van der Waals surface area contributed by atoms with Crippen LogP contribution in [0.1, 0.15) is 30.4 Å². The van der Waals surface area contributed by atoms with Gasteiger partial charge >= 0.3 is 0 Å². The average Bonchev–Trinajstić information content (AvgIpc) is 3.16. The van der Waals surface area contributed by atoms with E-state index in [1.807, 2.05) is 4.90 Å². The van der Waals surface area contributed by atoms with E-state index in [0.29, 0.717) is 0 Å². The van der Waals surface area contributed by atoms with Crippen molar-refractivity contribution in [2.75, 3.05) is 45.9 Å². The molecule has 1 unspecified atom stereocenters. The van der Waals surface area contributed by atoms with Gasteiger partial charge in [0.2, 0.25) is 0 Å². The number of hydrogen-bond donors (Lipinski definition) is 0. The number of carbonyl (C=O) groups excluding carboxylic acids is 1. The molecule has 1 atom stereocenters. The zero-order valence-electron chi connectivity index (χ0n) is 15.5. The second-order valence-corrected chi connectivity index (χ2v) is 7.14. The van der Waals surface area contributed by atoms with Crippen LogP contribution in [0.2, 0.25) is 0 Å². The highest BCUT2D eigenvalue weighted by atomic mass is 16.5. The Kier molecular flexibility index (Phi) is 6.32. The summed E-state index contributed by atoms with van der Waals surface area (Å²) in [5, 5.41) is 0. The highest BCUT2D eigenvalue weighted by Gasteiger charge is 2.30. The van der Waals surface area contributed by atoms with Crippen molar-refractivity contribution in [3.05, 3.63) is 29.3 Å². The molecule has 5 nitrogen and oxygen atoms in total. The summed E-state index contributed by atoms with van der Waals surface area (Å²) < 4.78 is 11.4. The molecule has 0 spiro atoms. The van der Waals surface area contributed by atoms with Gasteiger partial charge in [0, 0.05) is 39.3 Å². The smallest absolute Gasteiger partial charge is 0.251 e. The van der Waals surface area contributed by atoms with Crippen LogP contribution in [0.25, 0.3) is 0 Å². The molecule has 0 N–H and O–H groups in total. The summed E-state index contributed by atoms with van der Waals surface area (Å²) in [6.45, 7) is 10.2. The zero-order valence-corrected chi connectivity index (χ0v) is 15.5. The summed E-state index contributed by atoms with van der Waals surface area (Å²) in [6.07, 6.45) is 2.72. The van der Waals surface area contributed by atoms with E-state index in [2.05, 4.69) is 36.9 Å². The van der Waals surface area contributed by atoms with Crippen molar-refractivity contribution in [3.63, 3.8) is 0 Å². The molecule has 25 heavy (non-hydrogen) atoms. The van der Waals surface area contributed by atoms with E-state index in [1.54, 1.807) is 0 Å². The largest absolute Gasteiger partial charge is 0.493 e. The fraction of sp³-hybridized carbons (Fsp3) is 0.650. The molecule has 2 aliphatic heterocycles. The predicted octanol–water partition coefficient (Wildman–Crippen LogP) is 2.40. The van der Waals surface area contributed by atoms with Gasteiger partial charge in [-0.25, -0.2) is 0 Å². The Morgan fingerprint density at radius 3 is 2.76 bits per heavy atom. The van der Waals surface area contributed by atoms with E-state index >= 15 is 0 Å². The summed E-state index contributed by atoms with van der Waals surface area (Å²) in [5.41, 5.74) is 2.42. The second kappa shape index (κ2) is 8.68. The van der Waals surface area contributed by atoms with Gasteiger partial charge in [-0.05, 0) is 50.3 Å². The maximum absolute atomic E-state index is 12.3. The number of piperazine rings is 1. The molecular formula is C20H30N2O3. The molecule has 0 bridgehead atoms. The summed E-state index contributed by atoms with van der Waals surface area (Å²) in [7, 11) is 0. The van der Waals surface area contributed by atoms with Crippen LogP contribution in [0.4, 0.5) is 0 Å². The van der Waals surface area contributed by atoms with Gasteiger partial charge in [0.15, 0.2) is 0 Å². The van der Waals surface area contributed by atoms with Crippen LogP contribution in [-0.2, 0) is 9.53 Å². The number of amides is 1. The van der Waals surface area contributed by atoms with Crippen LogP contribution >= 0.6 is 0 Å². The summed E-state index contributed by atoms with van der Waals surface area (Å²) in [4.78, 5) is 16.7. The van der Waals surface area contributed by atoms with Gasteiger partial charge in [0.25, 0.3) is 5.91 Å². The Bertz CT molecular complexity index is 576. The molecule has 3 rings (SSSR count). The van der Waals surface area contributed by atoms with E-state index < -0.39 is 0 Å². The highest BCUT2D eigenvalue weighted by molar-refractivity contribution is 5.81. The molecule has 2 heterocycles. The number of aryl methyl sites for hydroxylation is 2. The topological polar surface area (TPSA) is 42.0 Å². The van der Waals surface area contributed by atoms with Crippen molar-refractivity contribution in [1.82, 2.24) is 9.80 Å². The van der Waals surface area contributed by atoms with Crippen LogP contribution in [0.5, 0.6) is 5.75 Å². The Balaban J connectivity index is 1.34. The average molecular weight is 346 g/mol. The molecule has 1 amide bonds. The Morgan fingerprint density at radius 1 is 1.24 bits per heavy atom. The van der Waals surface area contributed by atoms with E-state index in [1.165, 1.54) is 11.1 Å². The van der Waals surface area contributed by atoms with Crippen LogP contribution in [0.15, 0.2) is 18.2 Å². The molecule has 0 aromatic heterocycles. The normalized spacial score (nSPS) is 21.5. The van der Waals surface area contributed by atoms with Crippen molar-refractivity contribution in [1.29, 1.82) is 0 Å². The predicted molar refractivity (Wildman–Crippen MR) is 98.0 cm³/mol. The Hall–Kier alpha value is -1.59. The molecule has 1 aromatic carbocycles. The first-order valence-electron chi connectivity index (χ1n) is 9.46. The lowest BCUT2D eigenvalue weighted by molar-refractivity contribution is -0.142. The first kappa shape index (κ1) is 18.2. The third-order valence-corrected chi connectivity index (χ3v) is 5.11. The fourth-order valence-corrected chi connectivity index (χ4v) is 3.50. The van der Waals surface area contributed by atoms with Crippen LogP contribution in [0, 0.1) is 13.8 Å². The molecule has 0 aliphatic carbocycles. The minimum atomic E-state index is -0.183. The van der Waals surface area contributed by atoms with Gasteiger partial charge in [-0.15, -0.1) is 0 Å². The summed E-state index contributed by atoms with van der Waals surface area (Å²) >= 11 is 0. The van der Waals surface area contributed by atoms with Crippen molar-refractivity contribution in [2.45, 2.75) is 39.2 Å². The van der Waals surface area contributed by atoms with Crippen LogP contribution in [-0.4, -0.2) is 67.7 Å². The molecule has 0 radical (unpaired) electrons. The van der Waals surface area contributed by atoms with E-state index in [4.69, 9.17) is 9.47 Å². The fourth-order valence-electron chi connectivity index (χ4n) is 3.50. The van der Waals surface area contributed by atoms with Crippen molar-refractivity contribution in [3.8, 4) is 5.75 Å². The standard InChI is InChI=1S/C20H30N2O3/c1-16-6-7-17(2)19(15-16)25-14-4-8-21-9-11-22(12-10-21)20(23)18-5-3-13-24-18/h6-7,15,18H,3-5,8-14H2,1-2H3. The number of hydrogen-bond acceptors (Lipinski definition) is 4. The van der Waals surface area contributed by atoms with Gasteiger partial charge < -0.3 is 14.4 Å². The Morgan fingerprint density at radius 2 is 2.04 bits per heavy atom. The van der Waals surface area contributed by atoms with Crippen molar-refractivity contribution in [2.24, 2.45) is 0 Å². The molecule has 0 saturated carbocycles. The molecule has 2 aliphatic rings. The van der Waals surface area contributed by atoms with Gasteiger partial charge in [0.1, 0.15) is 11.9 Å². The quantitative estimate of drug-likeness (QED) is 0.742. The SMILES string of the molecule is Cc1ccc(C)c(OCCCN2CCN(C(=O)C3CCCO3)CC2)c1. The first-order chi connectivity index (χ1) is 12.1. The lowest BCUT2D eigenvalue weighted by atomic mass is 10.1. The second-order valence-electron chi connectivity index (χ2n) is 7.14. The molecule has 2 fully saturated rings. The monoisotopic (exact) mass is 346 g/mol. The maximum Gasteiger partial charge on any atom is 0.251 e. The number of ether oxygens (including phenoxy) is 2. The number of nitrogens with zero attached hydrogens (tertiary/aromatic N) is 2. The van der Waals surface area contributed by atoms with Crippen molar-refractivity contribution >= 4 is 5.91 Å². The van der Waals surface area contributed by atoms with E-state index in [0.717, 1.165) is 70.9 Å². The number of benzene rings is 1. The zero-order chi connectivity index (χ0) is 17.6. The Labute approximate surface area is 150 Å². The minimum Gasteiger partial charge on any atom is -0.493 e. The maximum atomic E-state index is 12.3. The first-order valence-corrected chi connectivity index (χ1v) is 9.46. The van der Waals surface area contributed by atoms with Gasteiger partial charge in [-0.1, -0.05) is 12.1 Å². The molecular weight excluding hydrogens is 316 g/mol. The van der Waals surface area contributed by atoms with Gasteiger partial charge in [-0.2, -0.15) is 0 Å². The van der Waals surface area contributed by atoms with Gasteiger partial charge in [-0.3, -0.25) is 9.69 Å². The lowest BCUT2D eigenvalue weighted by Gasteiger charge is -2.35. The lowest BCUT2D eigenvalue weighted by Crippen LogP contribution is -2.51.